The predicted molar refractivity (Wildman–Crippen MR) is 365 cm³/mol. The maximum Gasteiger partial charge on any atom is 0.254 e. The number of furan rings is 1. The van der Waals surface area contributed by atoms with Gasteiger partial charge in [-0.25, -0.2) is 0 Å². The Morgan fingerprint density at radius 1 is 0.560 bits per heavy atom. The molecule has 2 aromatic heterocycles. The molecule has 0 amide bonds. The van der Waals surface area contributed by atoms with Crippen molar-refractivity contribution in [2.45, 2.75) is 199 Å². The SMILES string of the molecule is [2H]c1c(C)c([2H])c(C)c(-c2oc3c([2H])c4c(c([2H])c3c2[2H])B2c3c(c([2H])c(N5c6cc7c(cc6C6(C)CCCCC56C)C(C)(C)CCC7(C)C)c([2H])c3N4c3c([2H])c([2H])c(C(C)(C)C)c([2H])c3[2H])N(c3c([2H])c([2H])c(C(C)(C)C)c([2H])c3[2H])c3sc4c([2H])c5c(c([2H])c4c32)SCC5(C)C)c1C. The first-order valence-electron chi connectivity index (χ1n) is 38.6. The van der Waals surface area contributed by atoms with Crippen LogP contribution in [0.5, 0.6) is 0 Å². The van der Waals surface area contributed by atoms with E-state index >= 15 is 0 Å². The van der Waals surface area contributed by atoms with E-state index in [1.807, 2.05) is 34.6 Å². The fraction of sp³-hybridized carbons (Fsp3) is 0.403. The van der Waals surface area contributed by atoms with Gasteiger partial charge in [0, 0.05) is 83.0 Å². The van der Waals surface area contributed by atoms with Crippen LogP contribution in [0.15, 0.2) is 124 Å². The molecule has 0 bridgehead atoms. The number of benzene rings is 7. The third-order valence-corrected chi connectivity index (χ3v) is 22.8. The molecule has 0 spiro atoms. The van der Waals surface area contributed by atoms with Crippen LogP contribution < -0.4 is 31.1 Å². The predicted octanol–water partition coefficient (Wildman–Crippen LogP) is 20.4. The lowest BCUT2D eigenvalue weighted by Crippen LogP contribution is -2.61. The molecule has 1 fully saturated rings. The summed E-state index contributed by atoms with van der Waals surface area (Å²) in [6, 6.07) is -0.563. The fourth-order valence-corrected chi connectivity index (χ4v) is 17.6. The second-order valence-corrected chi connectivity index (χ2v) is 31.5. The number of rotatable bonds is 4. The third kappa shape index (κ3) is 7.71. The van der Waals surface area contributed by atoms with Gasteiger partial charge in [0.15, 0.2) is 0 Å². The molecule has 0 radical (unpaired) electrons. The van der Waals surface area contributed by atoms with E-state index in [1.165, 1.54) is 22.2 Å². The molecule has 7 aromatic carbocycles. The smallest absolute Gasteiger partial charge is 0.254 e. The van der Waals surface area contributed by atoms with E-state index in [0.717, 1.165) is 60.3 Å². The molecule has 6 aliphatic rings. The third-order valence-electron chi connectivity index (χ3n) is 20.2. The molecule has 2 atom stereocenters. The van der Waals surface area contributed by atoms with Crippen LogP contribution in [0.25, 0.3) is 32.4 Å². The van der Waals surface area contributed by atoms with Crippen molar-refractivity contribution < 1.29 is 27.7 Å². The molecule has 4 nitrogen and oxygen atoms in total. The van der Waals surface area contributed by atoms with Crippen molar-refractivity contribution in [2.24, 2.45) is 0 Å². The number of thiophene rings is 1. The quantitative estimate of drug-likeness (QED) is 0.163. The summed E-state index contributed by atoms with van der Waals surface area (Å²) in [5, 5.41) is 0.261. The summed E-state index contributed by atoms with van der Waals surface area (Å²) >= 11 is 2.53. The number of thioether (sulfide) groups is 1. The molecule has 84 heavy (non-hydrogen) atoms. The van der Waals surface area contributed by atoms with Crippen molar-refractivity contribution in [2.75, 3.05) is 20.5 Å². The van der Waals surface area contributed by atoms with Crippen molar-refractivity contribution in [3.63, 3.8) is 0 Å². The lowest BCUT2D eigenvalue weighted by atomic mass is 9.33. The number of anilines is 8. The normalized spacial score (nSPS) is 24.4. The van der Waals surface area contributed by atoms with Crippen molar-refractivity contribution in [3.05, 3.63) is 165 Å². The van der Waals surface area contributed by atoms with Crippen LogP contribution >= 0.6 is 23.1 Å². The molecule has 428 valence electrons. The largest absolute Gasteiger partial charge is 0.456 e. The van der Waals surface area contributed by atoms with Crippen molar-refractivity contribution >= 4 is 112 Å². The van der Waals surface area contributed by atoms with Crippen LogP contribution in [0.3, 0.4) is 0 Å². The van der Waals surface area contributed by atoms with Crippen LogP contribution in [0.2, 0.25) is 0 Å². The van der Waals surface area contributed by atoms with Gasteiger partial charge in [-0.15, -0.1) is 23.1 Å². The highest BCUT2D eigenvalue weighted by Gasteiger charge is 2.59. The number of nitrogens with zero attached hydrogens (tertiary/aromatic N) is 3. The van der Waals surface area contributed by atoms with Crippen LogP contribution in [-0.4, -0.2) is 18.0 Å². The molecule has 0 saturated heterocycles. The zero-order valence-electron chi connectivity index (χ0n) is 68.7. The van der Waals surface area contributed by atoms with Crippen LogP contribution in [0, 0.1) is 20.8 Å². The van der Waals surface area contributed by atoms with Crippen molar-refractivity contribution in [1.82, 2.24) is 0 Å². The maximum atomic E-state index is 11.7. The second kappa shape index (κ2) is 17.7. The van der Waals surface area contributed by atoms with E-state index in [2.05, 4.69) is 58.6 Å². The number of fused-ring (bicyclic) bond motifs is 12. The summed E-state index contributed by atoms with van der Waals surface area (Å²) < 4.78 is 184. The maximum absolute atomic E-state index is 11.7. The van der Waals surface area contributed by atoms with Crippen LogP contribution in [0.1, 0.15) is 209 Å². The lowest BCUT2D eigenvalue weighted by Gasteiger charge is -2.51. The van der Waals surface area contributed by atoms with Crippen LogP contribution in [0.4, 0.5) is 44.8 Å². The Morgan fingerprint density at radius 3 is 1.79 bits per heavy atom. The minimum absolute atomic E-state index is 0.0302. The molecular formula is C77H84BN3OS2. The van der Waals surface area contributed by atoms with E-state index in [1.54, 1.807) is 46.4 Å². The zero-order chi connectivity index (χ0) is 73.7. The second-order valence-electron chi connectivity index (χ2n) is 29.5. The van der Waals surface area contributed by atoms with Crippen molar-refractivity contribution in [1.29, 1.82) is 0 Å². The van der Waals surface area contributed by atoms with E-state index < -0.39 is 87.9 Å². The Bertz CT molecular complexity index is 5260. The summed E-state index contributed by atoms with van der Waals surface area (Å²) in [5.74, 6) is 0.406. The Morgan fingerprint density at radius 2 is 1.15 bits per heavy atom. The van der Waals surface area contributed by atoms with Gasteiger partial charge in [0.1, 0.15) is 11.3 Å². The molecule has 15 rings (SSSR count). The van der Waals surface area contributed by atoms with E-state index in [4.69, 9.17) is 4.42 Å². The van der Waals surface area contributed by atoms with Crippen molar-refractivity contribution in [3.8, 4) is 11.3 Å². The lowest BCUT2D eigenvalue weighted by molar-refractivity contribution is 0.194. The summed E-state index contributed by atoms with van der Waals surface area (Å²) in [6.45, 7) is 32.0. The first-order chi connectivity index (χ1) is 46.8. The summed E-state index contributed by atoms with van der Waals surface area (Å²) in [5.41, 5.74) is 0.678. The molecule has 0 N–H and O–H groups in total. The monoisotopic (exact) mass is 1160 g/mol. The molecule has 1 saturated carbocycles. The highest BCUT2D eigenvalue weighted by molar-refractivity contribution is 7.99. The average molecular weight is 1160 g/mol. The molecule has 9 aromatic rings. The minimum Gasteiger partial charge on any atom is -0.456 e. The highest BCUT2D eigenvalue weighted by atomic mass is 32.2. The minimum atomic E-state index is -1.47. The molecule has 6 heterocycles. The van der Waals surface area contributed by atoms with Gasteiger partial charge < -0.3 is 19.1 Å². The zero-order valence-corrected chi connectivity index (χ0v) is 53.4. The van der Waals surface area contributed by atoms with Gasteiger partial charge in [0.2, 0.25) is 0 Å². The van der Waals surface area contributed by atoms with E-state index in [-0.39, 0.29) is 154 Å². The fourth-order valence-electron chi connectivity index (χ4n) is 15.1. The van der Waals surface area contributed by atoms with Gasteiger partial charge in [0.05, 0.1) is 33.8 Å². The average Bonchev–Trinajstić information content (AvgIpc) is 1.62. The first-order valence-corrected chi connectivity index (χ1v) is 31.9. The molecule has 2 unspecified atom stereocenters. The first kappa shape index (κ1) is 38.8. The number of hydrogen-bond acceptors (Lipinski definition) is 6. The molecule has 7 heteroatoms. The Kier molecular flexibility index (Phi) is 8.20. The summed E-state index contributed by atoms with van der Waals surface area (Å²) in [4.78, 5) is 5.60. The molecule has 4 aliphatic heterocycles. The van der Waals surface area contributed by atoms with Gasteiger partial charge in [0.25, 0.3) is 6.71 Å². The van der Waals surface area contributed by atoms with Gasteiger partial charge in [-0.1, -0.05) is 157 Å². The van der Waals surface area contributed by atoms with Gasteiger partial charge in [-0.05, 0) is 202 Å². The summed E-state index contributed by atoms with van der Waals surface area (Å²) in [7, 11) is 0. The van der Waals surface area contributed by atoms with Crippen LogP contribution in [-0.2, 0) is 32.5 Å². The standard InChI is InChI=1S/C77H84BN3OS2/c1-44-32-45(2)67(46(3)33-44)64-35-47-34-58-60(42-63(47)82-64)79(50-24-20-48(21-25-50)71(4,5)6)61-36-52(81-59-40-55-54(73(10,11)30-31-74(55,12)13)39-56(59)76(16)28-18-19-29-77(76,81)17)37-62-69(61)78(58)68-53-38-66-57(75(14,15)43-83-66)41-65(53)84-70(68)80(62)51-26-22-49(23-27-51)72(7,8)9/h20-27,32-42H,18-19,28-31,43H2,1-17H3/i20D,21D,22D,23D,24D,25D,26D,27D,32D,33D,34D,35D,36D,37D,38D,41D,42D. The van der Waals surface area contributed by atoms with E-state index in [0.29, 0.717) is 44.0 Å². The molecule has 2 aliphatic carbocycles. The van der Waals surface area contributed by atoms with E-state index in [9.17, 15) is 23.3 Å². The van der Waals surface area contributed by atoms with Gasteiger partial charge >= 0.3 is 0 Å². The number of hydrogen-bond donors (Lipinski definition) is 0. The topological polar surface area (TPSA) is 22.9 Å². The Hall–Kier alpha value is -6.15. The van der Waals surface area contributed by atoms with Gasteiger partial charge in [-0.2, -0.15) is 0 Å². The summed E-state index contributed by atoms with van der Waals surface area (Å²) in [6.07, 6.45) is 4.82. The Balaban J connectivity index is 1.22. The molecular weight excluding hydrogens is 1060 g/mol. The van der Waals surface area contributed by atoms with Gasteiger partial charge in [-0.3, -0.25) is 0 Å². The Labute approximate surface area is 533 Å². The highest BCUT2D eigenvalue weighted by Crippen LogP contribution is 2.64.